The number of hydrogen-bond acceptors (Lipinski definition) is 5. The van der Waals surface area contributed by atoms with E-state index in [0.29, 0.717) is 22.0 Å². The Balaban J connectivity index is 1.83. The molecule has 5 nitrogen and oxygen atoms in total. The molecule has 0 aliphatic carbocycles. The summed E-state index contributed by atoms with van der Waals surface area (Å²) in [5.41, 5.74) is 2.36. The first-order chi connectivity index (χ1) is 12.1. The van der Waals surface area contributed by atoms with Crippen molar-refractivity contribution in [1.82, 2.24) is 4.98 Å². The second kappa shape index (κ2) is 7.36. The van der Waals surface area contributed by atoms with Gasteiger partial charge in [-0.05, 0) is 31.2 Å². The Hall–Kier alpha value is -2.86. The lowest BCUT2D eigenvalue weighted by Crippen LogP contribution is -2.12. The minimum atomic E-state index is -0.188. The van der Waals surface area contributed by atoms with Gasteiger partial charge >= 0.3 is 0 Å². The monoisotopic (exact) mass is 353 g/mol. The summed E-state index contributed by atoms with van der Waals surface area (Å²) in [4.78, 5) is 19.8. The molecule has 0 saturated carbocycles. The standard InChI is InChI=1S/C19H19N3O2S/c1-13-17(18(23)21-15-11-7-8-12-16(15)24-3)25-19(20-13)22(2)14-9-5-4-6-10-14/h4-12H,1-3H3,(H,21,23). The van der Waals surface area contributed by atoms with Crippen molar-refractivity contribution < 1.29 is 9.53 Å². The molecule has 1 N–H and O–H groups in total. The Morgan fingerprint density at radius 3 is 2.52 bits per heavy atom. The van der Waals surface area contributed by atoms with Gasteiger partial charge in [0.25, 0.3) is 5.91 Å². The number of amides is 1. The van der Waals surface area contributed by atoms with Crippen molar-refractivity contribution in [2.75, 3.05) is 24.4 Å². The van der Waals surface area contributed by atoms with Crippen LogP contribution in [0.5, 0.6) is 5.75 Å². The van der Waals surface area contributed by atoms with Gasteiger partial charge in [-0.15, -0.1) is 0 Å². The van der Waals surface area contributed by atoms with E-state index in [1.807, 2.05) is 73.5 Å². The first-order valence-corrected chi connectivity index (χ1v) is 8.62. The Morgan fingerprint density at radius 2 is 1.80 bits per heavy atom. The van der Waals surface area contributed by atoms with Crippen LogP contribution in [0.15, 0.2) is 54.6 Å². The number of thiazole rings is 1. The van der Waals surface area contributed by atoms with Crippen LogP contribution in [0.3, 0.4) is 0 Å². The lowest BCUT2D eigenvalue weighted by atomic mass is 10.3. The van der Waals surface area contributed by atoms with Crippen molar-refractivity contribution in [2.24, 2.45) is 0 Å². The van der Waals surface area contributed by atoms with Crippen LogP contribution >= 0.6 is 11.3 Å². The maximum Gasteiger partial charge on any atom is 0.267 e. The Bertz CT molecular complexity index is 877. The molecule has 25 heavy (non-hydrogen) atoms. The van der Waals surface area contributed by atoms with Crippen molar-refractivity contribution in [2.45, 2.75) is 6.92 Å². The molecule has 6 heteroatoms. The first-order valence-electron chi connectivity index (χ1n) is 7.80. The van der Waals surface area contributed by atoms with Gasteiger partial charge in [0.05, 0.1) is 18.5 Å². The van der Waals surface area contributed by atoms with Crippen molar-refractivity contribution in [3.63, 3.8) is 0 Å². The smallest absolute Gasteiger partial charge is 0.267 e. The number of nitrogens with zero attached hydrogens (tertiary/aromatic N) is 2. The number of aryl methyl sites for hydroxylation is 1. The van der Waals surface area contributed by atoms with E-state index in [9.17, 15) is 4.79 Å². The fourth-order valence-electron chi connectivity index (χ4n) is 2.43. The second-order valence-corrected chi connectivity index (χ2v) is 6.44. The number of nitrogens with one attached hydrogen (secondary N) is 1. The highest BCUT2D eigenvalue weighted by Gasteiger charge is 2.19. The number of ether oxygens (including phenoxy) is 1. The number of rotatable bonds is 5. The summed E-state index contributed by atoms with van der Waals surface area (Å²) in [6.07, 6.45) is 0. The van der Waals surface area contributed by atoms with E-state index in [2.05, 4.69) is 10.3 Å². The molecule has 1 amide bonds. The zero-order chi connectivity index (χ0) is 17.8. The van der Waals surface area contributed by atoms with Crippen molar-refractivity contribution in [3.05, 3.63) is 65.2 Å². The van der Waals surface area contributed by atoms with Gasteiger partial charge in [-0.1, -0.05) is 41.7 Å². The van der Waals surface area contributed by atoms with E-state index >= 15 is 0 Å². The summed E-state index contributed by atoms with van der Waals surface area (Å²) in [7, 11) is 3.52. The lowest BCUT2D eigenvalue weighted by Gasteiger charge is -2.15. The number of hydrogen-bond donors (Lipinski definition) is 1. The molecule has 0 atom stereocenters. The number of para-hydroxylation sites is 3. The van der Waals surface area contributed by atoms with Gasteiger partial charge in [-0.3, -0.25) is 4.79 Å². The molecule has 128 valence electrons. The number of benzene rings is 2. The molecule has 0 aliphatic rings. The van der Waals surface area contributed by atoms with Gasteiger partial charge < -0.3 is 15.0 Å². The SMILES string of the molecule is COc1ccccc1NC(=O)c1sc(N(C)c2ccccc2)nc1C. The summed E-state index contributed by atoms with van der Waals surface area (Å²) in [6.45, 7) is 1.84. The van der Waals surface area contributed by atoms with E-state index in [0.717, 1.165) is 10.8 Å². The van der Waals surface area contributed by atoms with Crippen LogP contribution in [-0.2, 0) is 0 Å². The predicted octanol–water partition coefficient (Wildman–Crippen LogP) is 4.48. The minimum absolute atomic E-state index is 0.188. The van der Waals surface area contributed by atoms with Gasteiger partial charge in [0.1, 0.15) is 10.6 Å². The maximum atomic E-state index is 12.7. The third kappa shape index (κ3) is 3.64. The maximum absolute atomic E-state index is 12.7. The van der Waals surface area contributed by atoms with Crippen LogP contribution in [0.4, 0.5) is 16.5 Å². The summed E-state index contributed by atoms with van der Waals surface area (Å²) < 4.78 is 5.28. The highest BCUT2D eigenvalue weighted by molar-refractivity contribution is 7.17. The molecule has 0 bridgehead atoms. The summed E-state index contributed by atoms with van der Waals surface area (Å²) >= 11 is 1.37. The molecule has 0 radical (unpaired) electrons. The average molecular weight is 353 g/mol. The molecule has 0 fully saturated rings. The molecule has 0 saturated heterocycles. The Kier molecular flexibility index (Phi) is 5.00. The third-order valence-corrected chi connectivity index (χ3v) is 5.01. The Labute approximate surface area is 150 Å². The van der Waals surface area contributed by atoms with Gasteiger partial charge in [0.15, 0.2) is 5.13 Å². The van der Waals surface area contributed by atoms with Gasteiger partial charge in [0, 0.05) is 12.7 Å². The molecule has 2 aromatic carbocycles. The molecule has 1 aromatic heterocycles. The molecule has 0 unspecified atom stereocenters. The third-order valence-electron chi connectivity index (χ3n) is 3.78. The molecule has 3 aromatic rings. The number of anilines is 3. The molecule has 3 rings (SSSR count). The highest BCUT2D eigenvalue weighted by atomic mass is 32.1. The van der Waals surface area contributed by atoms with Gasteiger partial charge in [0.2, 0.25) is 0 Å². The number of carbonyl (C=O) groups excluding carboxylic acids is 1. The summed E-state index contributed by atoms with van der Waals surface area (Å²) in [5.74, 6) is 0.437. The average Bonchev–Trinajstić information content (AvgIpc) is 3.04. The van der Waals surface area contributed by atoms with E-state index in [1.165, 1.54) is 11.3 Å². The van der Waals surface area contributed by atoms with Crippen LogP contribution in [0, 0.1) is 6.92 Å². The summed E-state index contributed by atoms with van der Waals surface area (Å²) in [6, 6.07) is 17.3. The topological polar surface area (TPSA) is 54.5 Å². The van der Waals surface area contributed by atoms with Crippen LogP contribution in [-0.4, -0.2) is 25.0 Å². The van der Waals surface area contributed by atoms with E-state index in [-0.39, 0.29) is 5.91 Å². The molecular formula is C19H19N3O2S. The van der Waals surface area contributed by atoms with Gasteiger partial charge in [-0.25, -0.2) is 4.98 Å². The van der Waals surface area contributed by atoms with Crippen LogP contribution in [0.2, 0.25) is 0 Å². The van der Waals surface area contributed by atoms with Gasteiger partial charge in [-0.2, -0.15) is 0 Å². The number of carbonyl (C=O) groups is 1. The first kappa shape index (κ1) is 17.0. The molecule has 0 aliphatic heterocycles. The zero-order valence-electron chi connectivity index (χ0n) is 14.3. The van der Waals surface area contributed by atoms with E-state index in [4.69, 9.17) is 4.74 Å². The second-order valence-electron chi connectivity index (χ2n) is 5.46. The highest BCUT2D eigenvalue weighted by Crippen LogP contribution is 2.31. The minimum Gasteiger partial charge on any atom is -0.495 e. The molecular weight excluding hydrogens is 334 g/mol. The molecule has 1 heterocycles. The predicted molar refractivity (Wildman–Crippen MR) is 102 cm³/mol. The van der Waals surface area contributed by atoms with Crippen LogP contribution in [0.1, 0.15) is 15.4 Å². The number of methoxy groups -OCH3 is 1. The number of aromatic nitrogens is 1. The van der Waals surface area contributed by atoms with Crippen molar-refractivity contribution >= 4 is 33.8 Å². The van der Waals surface area contributed by atoms with E-state index < -0.39 is 0 Å². The summed E-state index contributed by atoms with van der Waals surface area (Å²) in [5, 5.41) is 3.67. The largest absolute Gasteiger partial charge is 0.495 e. The fraction of sp³-hybridized carbons (Fsp3) is 0.158. The van der Waals surface area contributed by atoms with Crippen LogP contribution < -0.4 is 15.0 Å². The van der Waals surface area contributed by atoms with Crippen LogP contribution in [0.25, 0.3) is 0 Å². The van der Waals surface area contributed by atoms with Crippen molar-refractivity contribution in [1.29, 1.82) is 0 Å². The normalized spacial score (nSPS) is 10.4. The lowest BCUT2D eigenvalue weighted by molar-refractivity contribution is 0.102. The fourth-order valence-corrected chi connectivity index (χ4v) is 3.37. The van der Waals surface area contributed by atoms with Crippen molar-refractivity contribution in [3.8, 4) is 5.75 Å². The Morgan fingerprint density at radius 1 is 1.12 bits per heavy atom. The molecule has 0 spiro atoms. The zero-order valence-corrected chi connectivity index (χ0v) is 15.1. The quantitative estimate of drug-likeness (QED) is 0.735. The van der Waals surface area contributed by atoms with E-state index in [1.54, 1.807) is 7.11 Å².